The third kappa shape index (κ3) is 2.96. The zero-order valence-corrected chi connectivity index (χ0v) is 11.3. The summed E-state index contributed by atoms with van der Waals surface area (Å²) >= 11 is 0. The lowest BCUT2D eigenvalue weighted by Crippen LogP contribution is -2.06. The Morgan fingerprint density at radius 3 is 2.84 bits per heavy atom. The summed E-state index contributed by atoms with van der Waals surface area (Å²) in [5.74, 6) is 0.883. The molecule has 2 rings (SSSR count). The minimum Gasteiger partial charge on any atom is -0.496 e. The van der Waals surface area contributed by atoms with Gasteiger partial charge in [-0.2, -0.15) is 0 Å². The summed E-state index contributed by atoms with van der Waals surface area (Å²) in [6, 6.07) is 9.88. The molecule has 0 radical (unpaired) electrons. The van der Waals surface area contributed by atoms with Crippen molar-refractivity contribution in [2.75, 3.05) is 19.4 Å². The zero-order chi connectivity index (χ0) is 13.7. The van der Waals surface area contributed by atoms with Gasteiger partial charge in [-0.05, 0) is 19.1 Å². The van der Waals surface area contributed by atoms with Crippen LogP contribution in [0.1, 0.15) is 18.2 Å². The minimum absolute atomic E-state index is 0.715. The summed E-state index contributed by atoms with van der Waals surface area (Å²) in [5, 5.41) is 0. The Morgan fingerprint density at radius 1 is 1.32 bits per heavy atom. The summed E-state index contributed by atoms with van der Waals surface area (Å²) < 4.78 is 7.44. The molecule has 1 aromatic carbocycles. The highest BCUT2D eigenvalue weighted by atomic mass is 16.5. The molecule has 0 amide bonds. The molecular weight excluding hydrogens is 238 g/mol. The molecule has 4 heteroatoms. The van der Waals surface area contributed by atoms with Crippen molar-refractivity contribution in [1.82, 2.24) is 4.57 Å². The predicted molar refractivity (Wildman–Crippen MR) is 79.1 cm³/mol. The lowest BCUT2D eigenvalue weighted by molar-refractivity contribution is 0.408. The number of hydrogen-bond acceptors (Lipinski definition) is 3. The van der Waals surface area contributed by atoms with Gasteiger partial charge in [0.1, 0.15) is 5.75 Å². The normalized spacial score (nSPS) is 11.1. The van der Waals surface area contributed by atoms with Crippen LogP contribution in [0.2, 0.25) is 0 Å². The smallest absolute Gasteiger partial charge is 0.123 e. The number of nitrogen functional groups attached to an aromatic ring is 1. The van der Waals surface area contributed by atoms with Crippen LogP contribution in [0, 0.1) is 0 Å². The Labute approximate surface area is 113 Å². The maximum atomic E-state index is 5.96. The van der Waals surface area contributed by atoms with E-state index in [1.165, 1.54) is 0 Å². The monoisotopic (exact) mass is 257 g/mol. The highest BCUT2D eigenvalue weighted by Gasteiger charge is 2.07. The van der Waals surface area contributed by atoms with E-state index in [0.717, 1.165) is 29.2 Å². The fourth-order valence-corrected chi connectivity index (χ4v) is 1.98. The van der Waals surface area contributed by atoms with E-state index < -0.39 is 0 Å². The maximum Gasteiger partial charge on any atom is 0.123 e. The summed E-state index contributed by atoms with van der Waals surface area (Å²) in [4.78, 5) is 4.26. The van der Waals surface area contributed by atoms with Gasteiger partial charge in [0.15, 0.2) is 0 Å². The highest BCUT2D eigenvalue weighted by Crippen LogP contribution is 2.20. The molecule has 1 aromatic heterocycles. The number of benzene rings is 1. The summed E-state index contributed by atoms with van der Waals surface area (Å²) in [6.07, 6.45) is 3.80. The van der Waals surface area contributed by atoms with Crippen LogP contribution in [0.25, 0.3) is 0 Å². The van der Waals surface area contributed by atoms with Crippen molar-refractivity contribution in [3.05, 3.63) is 47.8 Å². The van der Waals surface area contributed by atoms with E-state index in [1.54, 1.807) is 7.11 Å². The van der Waals surface area contributed by atoms with Crippen LogP contribution < -0.4 is 10.5 Å². The van der Waals surface area contributed by atoms with Gasteiger partial charge >= 0.3 is 0 Å². The van der Waals surface area contributed by atoms with Crippen LogP contribution in [0.4, 0.5) is 5.69 Å². The number of aromatic nitrogens is 1. The standard InChI is InChI=1S/C15H19N3O/c1-3-17-10-14-13(16)8-9-18(14)11-12-6-4-5-7-15(12)19-2/h4-10H,3,11,16H2,1-2H3. The number of nitrogens with zero attached hydrogens (tertiary/aromatic N) is 2. The minimum atomic E-state index is 0.715. The highest BCUT2D eigenvalue weighted by molar-refractivity contribution is 5.85. The third-order valence-corrected chi connectivity index (χ3v) is 2.97. The number of nitrogens with two attached hydrogens (primary N) is 1. The average molecular weight is 257 g/mol. The number of ether oxygens (including phenoxy) is 1. The Balaban J connectivity index is 2.31. The number of rotatable bonds is 5. The van der Waals surface area contributed by atoms with Crippen LogP contribution in [0.15, 0.2) is 41.5 Å². The van der Waals surface area contributed by atoms with Crippen molar-refractivity contribution in [1.29, 1.82) is 0 Å². The largest absolute Gasteiger partial charge is 0.496 e. The SMILES string of the molecule is CCN=Cc1c(N)ccn1Cc1ccccc1OC. The van der Waals surface area contributed by atoms with Gasteiger partial charge < -0.3 is 15.0 Å². The second-order valence-electron chi connectivity index (χ2n) is 4.22. The second kappa shape index (κ2) is 6.09. The second-order valence-corrected chi connectivity index (χ2v) is 4.22. The quantitative estimate of drug-likeness (QED) is 0.837. The molecule has 0 saturated carbocycles. The van der Waals surface area contributed by atoms with Crippen molar-refractivity contribution < 1.29 is 4.74 Å². The summed E-state index contributed by atoms with van der Waals surface area (Å²) in [5.41, 5.74) is 8.76. The van der Waals surface area contributed by atoms with E-state index in [9.17, 15) is 0 Å². The van der Waals surface area contributed by atoms with Gasteiger partial charge in [-0.25, -0.2) is 0 Å². The molecule has 19 heavy (non-hydrogen) atoms. The summed E-state index contributed by atoms with van der Waals surface area (Å²) in [6.45, 7) is 3.46. The van der Waals surface area contributed by atoms with Gasteiger partial charge in [-0.1, -0.05) is 18.2 Å². The third-order valence-electron chi connectivity index (χ3n) is 2.97. The molecule has 0 saturated heterocycles. The Bertz CT molecular complexity index is 573. The van der Waals surface area contributed by atoms with Crippen molar-refractivity contribution in [3.63, 3.8) is 0 Å². The van der Waals surface area contributed by atoms with Crippen molar-refractivity contribution in [2.45, 2.75) is 13.5 Å². The van der Waals surface area contributed by atoms with Crippen molar-refractivity contribution in [2.24, 2.45) is 4.99 Å². The topological polar surface area (TPSA) is 52.5 Å². The van der Waals surface area contributed by atoms with Crippen LogP contribution in [-0.4, -0.2) is 24.4 Å². The van der Waals surface area contributed by atoms with Crippen molar-refractivity contribution >= 4 is 11.9 Å². The van der Waals surface area contributed by atoms with Gasteiger partial charge in [0.2, 0.25) is 0 Å². The molecule has 2 N–H and O–H groups in total. The number of hydrogen-bond donors (Lipinski definition) is 1. The zero-order valence-electron chi connectivity index (χ0n) is 11.3. The van der Waals surface area contributed by atoms with Gasteiger partial charge in [-0.15, -0.1) is 0 Å². The lowest BCUT2D eigenvalue weighted by Gasteiger charge is -2.11. The Hall–Kier alpha value is -2.23. The number of para-hydroxylation sites is 1. The van der Waals surface area contributed by atoms with Crippen LogP contribution >= 0.6 is 0 Å². The molecule has 100 valence electrons. The fourth-order valence-electron chi connectivity index (χ4n) is 1.98. The first-order chi connectivity index (χ1) is 9.26. The Kier molecular flexibility index (Phi) is 4.23. The average Bonchev–Trinajstić information content (AvgIpc) is 2.78. The van der Waals surface area contributed by atoms with Gasteiger partial charge in [0, 0.05) is 24.5 Å². The van der Waals surface area contributed by atoms with Crippen LogP contribution in [-0.2, 0) is 6.54 Å². The van der Waals surface area contributed by atoms with E-state index in [4.69, 9.17) is 10.5 Å². The molecule has 0 atom stereocenters. The van der Waals surface area contributed by atoms with Gasteiger partial charge in [-0.3, -0.25) is 4.99 Å². The predicted octanol–water partition coefficient (Wildman–Crippen LogP) is 2.57. The fraction of sp³-hybridized carbons (Fsp3) is 0.267. The van der Waals surface area contributed by atoms with Crippen LogP contribution in [0.3, 0.4) is 0 Å². The Morgan fingerprint density at radius 2 is 2.11 bits per heavy atom. The molecular formula is C15H19N3O. The molecule has 0 aliphatic carbocycles. The molecule has 4 nitrogen and oxygen atoms in total. The van der Waals surface area contributed by atoms with E-state index in [-0.39, 0.29) is 0 Å². The van der Waals surface area contributed by atoms with E-state index in [2.05, 4.69) is 15.6 Å². The molecule has 1 heterocycles. The van der Waals surface area contributed by atoms with Gasteiger partial charge in [0.05, 0.1) is 25.0 Å². The van der Waals surface area contributed by atoms with Crippen molar-refractivity contribution in [3.8, 4) is 5.75 Å². The molecule has 0 spiro atoms. The first-order valence-electron chi connectivity index (χ1n) is 6.32. The molecule has 0 bridgehead atoms. The van der Waals surface area contributed by atoms with Gasteiger partial charge in [0.25, 0.3) is 0 Å². The van der Waals surface area contributed by atoms with E-state index in [1.807, 2.05) is 43.6 Å². The maximum absolute atomic E-state index is 5.96. The number of anilines is 1. The molecule has 0 unspecified atom stereocenters. The van der Waals surface area contributed by atoms with E-state index in [0.29, 0.717) is 6.54 Å². The number of aliphatic imine (C=N–C) groups is 1. The van der Waals surface area contributed by atoms with E-state index >= 15 is 0 Å². The summed E-state index contributed by atoms with van der Waals surface area (Å²) in [7, 11) is 1.68. The van der Waals surface area contributed by atoms with Crippen LogP contribution in [0.5, 0.6) is 5.75 Å². The molecule has 0 fully saturated rings. The molecule has 0 aliphatic rings. The molecule has 2 aromatic rings. The lowest BCUT2D eigenvalue weighted by atomic mass is 10.2. The number of methoxy groups -OCH3 is 1. The molecule has 0 aliphatic heterocycles. The first kappa shape index (κ1) is 13.2. The first-order valence-corrected chi connectivity index (χ1v) is 6.32.